The monoisotopic (exact) mass is 239 g/mol. The van der Waals surface area contributed by atoms with Gasteiger partial charge in [0.1, 0.15) is 5.75 Å². The molecule has 0 spiro atoms. The van der Waals surface area contributed by atoms with Gasteiger partial charge in [-0.25, -0.2) is 0 Å². The van der Waals surface area contributed by atoms with Crippen LogP contribution in [0.5, 0.6) is 5.75 Å². The largest absolute Gasteiger partial charge is 0.506 e. The summed E-state index contributed by atoms with van der Waals surface area (Å²) in [6.45, 7) is 6.15. The fourth-order valence-corrected chi connectivity index (χ4v) is 2.28. The van der Waals surface area contributed by atoms with Crippen LogP contribution < -0.4 is 0 Å². The number of aromatic hydroxyl groups is 1. The van der Waals surface area contributed by atoms with E-state index >= 15 is 0 Å². The highest BCUT2D eigenvalue weighted by molar-refractivity contribution is 6.33. The SMILES string of the molecule is Cc1cc2c(c(Cl)c1O)CN(C(C)C)C2=O. The smallest absolute Gasteiger partial charge is 0.254 e. The quantitative estimate of drug-likeness (QED) is 0.819. The molecule has 1 aliphatic rings. The normalized spacial score (nSPS) is 14.8. The van der Waals surface area contributed by atoms with Crippen LogP contribution in [-0.2, 0) is 6.54 Å². The van der Waals surface area contributed by atoms with Crippen molar-refractivity contribution in [1.82, 2.24) is 4.90 Å². The van der Waals surface area contributed by atoms with E-state index in [1.54, 1.807) is 17.9 Å². The molecule has 3 nitrogen and oxygen atoms in total. The van der Waals surface area contributed by atoms with E-state index in [0.29, 0.717) is 22.7 Å². The Bertz CT molecular complexity index is 469. The number of nitrogens with zero attached hydrogens (tertiary/aromatic N) is 1. The van der Waals surface area contributed by atoms with Crippen LogP contribution in [0.2, 0.25) is 5.02 Å². The number of carbonyl (C=O) groups is 1. The molecule has 1 aromatic rings. The van der Waals surface area contributed by atoms with Crippen LogP contribution >= 0.6 is 11.6 Å². The van der Waals surface area contributed by atoms with Gasteiger partial charge in [0.2, 0.25) is 0 Å². The van der Waals surface area contributed by atoms with Crippen molar-refractivity contribution in [2.45, 2.75) is 33.4 Å². The molecule has 2 rings (SSSR count). The van der Waals surface area contributed by atoms with Crippen LogP contribution in [0.15, 0.2) is 6.07 Å². The number of phenols is 1. The van der Waals surface area contributed by atoms with E-state index in [9.17, 15) is 9.90 Å². The molecule has 0 aromatic heterocycles. The Morgan fingerprint density at radius 1 is 1.50 bits per heavy atom. The van der Waals surface area contributed by atoms with Gasteiger partial charge in [-0.2, -0.15) is 0 Å². The van der Waals surface area contributed by atoms with Crippen molar-refractivity contribution in [3.05, 3.63) is 27.8 Å². The Balaban J connectivity index is 2.56. The van der Waals surface area contributed by atoms with Gasteiger partial charge in [0.25, 0.3) is 5.91 Å². The van der Waals surface area contributed by atoms with Crippen molar-refractivity contribution in [3.8, 4) is 5.75 Å². The van der Waals surface area contributed by atoms with Crippen molar-refractivity contribution in [1.29, 1.82) is 0 Å². The van der Waals surface area contributed by atoms with Crippen LogP contribution in [0.25, 0.3) is 0 Å². The van der Waals surface area contributed by atoms with Gasteiger partial charge in [-0.1, -0.05) is 11.6 Å². The lowest BCUT2D eigenvalue weighted by Crippen LogP contribution is -2.30. The summed E-state index contributed by atoms with van der Waals surface area (Å²) < 4.78 is 0. The number of hydrogen-bond donors (Lipinski definition) is 1. The number of fused-ring (bicyclic) bond motifs is 1. The Kier molecular flexibility index (Phi) is 2.58. The molecule has 0 aliphatic carbocycles. The molecule has 0 atom stereocenters. The molecular formula is C12H14ClNO2. The van der Waals surface area contributed by atoms with Crippen molar-refractivity contribution in [3.63, 3.8) is 0 Å². The van der Waals surface area contributed by atoms with E-state index in [0.717, 1.165) is 5.56 Å². The second kappa shape index (κ2) is 3.67. The average molecular weight is 240 g/mol. The van der Waals surface area contributed by atoms with Crippen molar-refractivity contribution in [2.75, 3.05) is 0 Å². The molecule has 1 aliphatic heterocycles. The Morgan fingerprint density at radius 2 is 2.12 bits per heavy atom. The minimum atomic E-state index is -0.00463. The maximum absolute atomic E-state index is 12.0. The van der Waals surface area contributed by atoms with Gasteiger partial charge in [0.15, 0.2) is 0 Å². The first-order chi connectivity index (χ1) is 7.43. The van der Waals surface area contributed by atoms with Gasteiger partial charge in [0.05, 0.1) is 5.02 Å². The summed E-state index contributed by atoms with van der Waals surface area (Å²) >= 11 is 6.05. The molecule has 0 fully saturated rings. The molecule has 4 heteroatoms. The number of rotatable bonds is 1. The van der Waals surface area contributed by atoms with E-state index in [4.69, 9.17) is 11.6 Å². The van der Waals surface area contributed by atoms with Gasteiger partial charge in [0, 0.05) is 23.7 Å². The molecule has 1 heterocycles. The first-order valence-electron chi connectivity index (χ1n) is 5.25. The van der Waals surface area contributed by atoms with Gasteiger partial charge in [-0.15, -0.1) is 0 Å². The van der Waals surface area contributed by atoms with Crippen molar-refractivity contribution in [2.24, 2.45) is 0 Å². The first kappa shape index (κ1) is 11.3. The third-order valence-electron chi connectivity index (χ3n) is 2.98. The topological polar surface area (TPSA) is 40.5 Å². The average Bonchev–Trinajstić information content (AvgIpc) is 2.54. The fourth-order valence-electron chi connectivity index (χ4n) is 1.97. The molecule has 0 saturated carbocycles. The minimum absolute atomic E-state index is 0.00463. The summed E-state index contributed by atoms with van der Waals surface area (Å²) in [6.07, 6.45) is 0. The zero-order chi connectivity index (χ0) is 12.0. The molecule has 0 unspecified atom stereocenters. The molecule has 86 valence electrons. The summed E-state index contributed by atoms with van der Waals surface area (Å²) in [5.74, 6) is 0.0776. The summed E-state index contributed by atoms with van der Waals surface area (Å²) in [6, 6.07) is 1.85. The van der Waals surface area contributed by atoms with Gasteiger partial charge in [-0.05, 0) is 32.4 Å². The third-order valence-corrected chi connectivity index (χ3v) is 3.38. The predicted octanol–water partition coefficient (Wildman–Crippen LogP) is 2.72. The lowest BCUT2D eigenvalue weighted by Gasteiger charge is -2.19. The lowest BCUT2D eigenvalue weighted by atomic mass is 10.1. The Labute approximate surface area is 99.6 Å². The molecule has 1 aromatic carbocycles. The highest BCUT2D eigenvalue weighted by atomic mass is 35.5. The first-order valence-corrected chi connectivity index (χ1v) is 5.63. The fraction of sp³-hybridized carbons (Fsp3) is 0.417. The van der Waals surface area contributed by atoms with E-state index in [1.807, 2.05) is 13.8 Å². The molecule has 0 radical (unpaired) electrons. The van der Waals surface area contributed by atoms with Gasteiger partial charge < -0.3 is 10.0 Å². The zero-order valence-corrected chi connectivity index (χ0v) is 10.3. The second-order valence-electron chi connectivity index (χ2n) is 4.41. The Hall–Kier alpha value is -1.22. The molecule has 1 N–H and O–H groups in total. The van der Waals surface area contributed by atoms with Crippen molar-refractivity contribution >= 4 is 17.5 Å². The van der Waals surface area contributed by atoms with Crippen LogP contribution in [-0.4, -0.2) is 22.0 Å². The number of phenolic OH excluding ortho intramolecular Hbond substituents is 1. The summed E-state index contributed by atoms with van der Waals surface area (Å²) in [5.41, 5.74) is 2.00. The van der Waals surface area contributed by atoms with E-state index in [1.165, 1.54) is 0 Å². The number of benzene rings is 1. The van der Waals surface area contributed by atoms with Crippen LogP contribution in [0, 0.1) is 6.92 Å². The maximum atomic E-state index is 12.0. The molecule has 16 heavy (non-hydrogen) atoms. The van der Waals surface area contributed by atoms with Gasteiger partial charge in [-0.3, -0.25) is 4.79 Å². The van der Waals surface area contributed by atoms with Crippen molar-refractivity contribution < 1.29 is 9.90 Å². The van der Waals surface area contributed by atoms with Crippen LogP contribution in [0.1, 0.15) is 35.3 Å². The zero-order valence-electron chi connectivity index (χ0n) is 9.54. The number of hydrogen-bond acceptors (Lipinski definition) is 2. The number of halogens is 1. The van der Waals surface area contributed by atoms with Crippen LogP contribution in [0.4, 0.5) is 0 Å². The van der Waals surface area contributed by atoms with E-state index in [2.05, 4.69) is 0 Å². The predicted molar refractivity (Wildman–Crippen MR) is 62.9 cm³/mol. The highest BCUT2D eigenvalue weighted by Gasteiger charge is 2.32. The van der Waals surface area contributed by atoms with Crippen LogP contribution in [0.3, 0.4) is 0 Å². The highest BCUT2D eigenvalue weighted by Crippen LogP contribution is 2.38. The number of carbonyl (C=O) groups excluding carboxylic acids is 1. The minimum Gasteiger partial charge on any atom is -0.506 e. The third kappa shape index (κ3) is 1.47. The molecule has 0 bridgehead atoms. The van der Waals surface area contributed by atoms with Gasteiger partial charge >= 0.3 is 0 Å². The molecule has 0 saturated heterocycles. The molecular weight excluding hydrogens is 226 g/mol. The standard InChI is InChI=1S/C12H14ClNO2/c1-6(2)14-5-9-8(12(14)16)4-7(3)11(15)10(9)13/h4,6,15H,5H2,1-3H3. The number of amides is 1. The summed E-state index contributed by atoms with van der Waals surface area (Å²) in [5, 5.41) is 10.0. The summed E-state index contributed by atoms with van der Waals surface area (Å²) in [7, 11) is 0. The second-order valence-corrected chi connectivity index (χ2v) is 4.79. The van der Waals surface area contributed by atoms with E-state index < -0.39 is 0 Å². The van der Waals surface area contributed by atoms with E-state index in [-0.39, 0.29) is 17.7 Å². The number of aryl methyl sites for hydroxylation is 1. The maximum Gasteiger partial charge on any atom is 0.254 e. The molecule has 1 amide bonds. The lowest BCUT2D eigenvalue weighted by molar-refractivity contribution is 0.0730. The summed E-state index contributed by atoms with van der Waals surface area (Å²) in [4.78, 5) is 13.8. The Morgan fingerprint density at radius 3 is 2.69 bits per heavy atom.